The summed E-state index contributed by atoms with van der Waals surface area (Å²) in [5.41, 5.74) is 12.2. The molecule has 216 valence electrons. The largest absolute Gasteiger partial charge is 0.493 e. The van der Waals surface area contributed by atoms with E-state index in [0.717, 1.165) is 67.9 Å². The molecule has 1 aromatic heterocycles. The highest BCUT2D eigenvalue weighted by molar-refractivity contribution is 6.00. The SMILES string of the molecule is Cc1ccc(OC[C@H]2CCC[C@@H]2NC(=O)c2cc(-c3ccc(C(=O)N4CCN(C)CC4)c(C)c3)cnc2N)cc1C. The average molecular weight is 556 g/mol. The predicted octanol–water partition coefficient (Wildman–Crippen LogP) is 4.62. The van der Waals surface area contributed by atoms with Gasteiger partial charge < -0.3 is 25.6 Å². The Morgan fingerprint density at radius 1 is 0.927 bits per heavy atom. The number of nitrogens with two attached hydrogens (primary N) is 1. The lowest BCUT2D eigenvalue weighted by molar-refractivity contribution is 0.0663. The Morgan fingerprint density at radius 3 is 2.44 bits per heavy atom. The van der Waals surface area contributed by atoms with Crippen LogP contribution in [0, 0.1) is 26.7 Å². The minimum absolute atomic E-state index is 0.0132. The Morgan fingerprint density at radius 2 is 1.71 bits per heavy atom. The molecular formula is C33H41N5O3. The van der Waals surface area contributed by atoms with Crippen molar-refractivity contribution >= 4 is 17.6 Å². The number of pyridine rings is 1. The molecule has 3 aromatic rings. The van der Waals surface area contributed by atoms with Crippen molar-refractivity contribution in [1.29, 1.82) is 0 Å². The fraction of sp³-hybridized carbons (Fsp3) is 0.424. The van der Waals surface area contributed by atoms with Crippen molar-refractivity contribution in [2.45, 2.75) is 46.1 Å². The summed E-state index contributed by atoms with van der Waals surface area (Å²) in [4.78, 5) is 35.0. The molecule has 2 fully saturated rings. The molecule has 8 heteroatoms. The molecule has 0 unspecified atom stereocenters. The number of nitrogen functional groups attached to an aromatic ring is 1. The van der Waals surface area contributed by atoms with Crippen molar-refractivity contribution in [3.8, 4) is 16.9 Å². The molecule has 8 nitrogen and oxygen atoms in total. The smallest absolute Gasteiger partial charge is 0.255 e. The highest BCUT2D eigenvalue weighted by Gasteiger charge is 2.30. The monoisotopic (exact) mass is 555 g/mol. The number of piperazine rings is 1. The van der Waals surface area contributed by atoms with Gasteiger partial charge in [-0.2, -0.15) is 0 Å². The van der Waals surface area contributed by atoms with Crippen molar-refractivity contribution in [2.24, 2.45) is 5.92 Å². The number of likely N-dealkylation sites (N-methyl/N-ethyl adjacent to an activating group) is 1. The first-order chi connectivity index (χ1) is 19.7. The van der Waals surface area contributed by atoms with E-state index < -0.39 is 0 Å². The number of rotatable bonds is 7. The second-order valence-electron chi connectivity index (χ2n) is 11.6. The number of nitrogens with one attached hydrogen (secondary N) is 1. The van der Waals surface area contributed by atoms with Crippen LogP contribution in [0.3, 0.4) is 0 Å². The van der Waals surface area contributed by atoms with E-state index in [1.165, 1.54) is 11.1 Å². The van der Waals surface area contributed by atoms with Crippen molar-refractivity contribution < 1.29 is 14.3 Å². The van der Waals surface area contributed by atoms with Crippen molar-refractivity contribution in [3.63, 3.8) is 0 Å². The maximum Gasteiger partial charge on any atom is 0.255 e. The van der Waals surface area contributed by atoms with Crippen LogP contribution in [-0.4, -0.2) is 72.5 Å². The van der Waals surface area contributed by atoms with Gasteiger partial charge in [-0.3, -0.25) is 9.59 Å². The van der Waals surface area contributed by atoms with E-state index in [2.05, 4.69) is 48.2 Å². The zero-order valence-electron chi connectivity index (χ0n) is 24.6. The molecule has 1 aliphatic heterocycles. The number of hydrogen-bond acceptors (Lipinski definition) is 6. The molecule has 2 heterocycles. The fourth-order valence-corrected chi connectivity index (χ4v) is 5.76. The summed E-state index contributed by atoms with van der Waals surface area (Å²) in [5.74, 6) is 1.12. The van der Waals surface area contributed by atoms with Crippen LogP contribution in [0.25, 0.3) is 11.1 Å². The van der Waals surface area contributed by atoms with E-state index in [1.54, 1.807) is 12.3 Å². The maximum absolute atomic E-state index is 13.4. The van der Waals surface area contributed by atoms with E-state index in [0.29, 0.717) is 17.7 Å². The standard InChI is InChI=1S/C33H41N5O3/c1-21-8-10-27(17-22(21)2)41-20-25-6-5-7-30(25)36-32(39)29-18-26(19-35-31(29)34)24-9-11-28(23(3)16-24)33(40)38-14-12-37(4)13-15-38/h8-11,16-19,25,30H,5-7,12-15,20H2,1-4H3,(H2,34,35)(H,36,39)/t25-,30+/m1/s1. The lowest BCUT2D eigenvalue weighted by Crippen LogP contribution is -2.47. The fourth-order valence-electron chi connectivity index (χ4n) is 5.76. The third-order valence-electron chi connectivity index (χ3n) is 8.66. The summed E-state index contributed by atoms with van der Waals surface area (Å²) in [6.07, 6.45) is 4.63. The van der Waals surface area contributed by atoms with Gasteiger partial charge in [0.1, 0.15) is 11.6 Å². The lowest BCUT2D eigenvalue weighted by Gasteiger charge is -2.32. The van der Waals surface area contributed by atoms with Crippen LogP contribution in [0.1, 0.15) is 56.7 Å². The zero-order valence-corrected chi connectivity index (χ0v) is 24.6. The number of benzene rings is 2. The van der Waals surface area contributed by atoms with E-state index in [4.69, 9.17) is 10.5 Å². The van der Waals surface area contributed by atoms with Gasteiger partial charge in [-0.05, 0) is 87.2 Å². The van der Waals surface area contributed by atoms with Crippen LogP contribution in [0.2, 0.25) is 0 Å². The van der Waals surface area contributed by atoms with Gasteiger partial charge in [0.25, 0.3) is 11.8 Å². The lowest BCUT2D eigenvalue weighted by atomic mass is 9.98. The Kier molecular flexibility index (Phi) is 8.59. The first-order valence-corrected chi connectivity index (χ1v) is 14.5. The van der Waals surface area contributed by atoms with Gasteiger partial charge in [-0.25, -0.2) is 4.98 Å². The summed E-state index contributed by atoms with van der Waals surface area (Å²) in [5, 5.41) is 3.20. The van der Waals surface area contributed by atoms with Crippen molar-refractivity contribution in [1.82, 2.24) is 20.1 Å². The number of amides is 2. The van der Waals surface area contributed by atoms with Crippen LogP contribution in [0.15, 0.2) is 48.7 Å². The predicted molar refractivity (Wildman–Crippen MR) is 162 cm³/mol. The molecule has 2 atom stereocenters. The molecule has 2 aliphatic rings. The molecule has 2 aromatic carbocycles. The number of anilines is 1. The van der Waals surface area contributed by atoms with Crippen LogP contribution in [-0.2, 0) is 0 Å². The number of nitrogens with zero attached hydrogens (tertiary/aromatic N) is 3. The first kappa shape index (κ1) is 28.6. The van der Waals surface area contributed by atoms with E-state index in [-0.39, 0.29) is 29.6 Å². The zero-order chi connectivity index (χ0) is 29.1. The first-order valence-electron chi connectivity index (χ1n) is 14.5. The summed E-state index contributed by atoms with van der Waals surface area (Å²) in [7, 11) is 2.07. The topological polar surface area (TPSA) is 101 Å². The van der Waals surface area contributed by atoms with Gasteiger partial charge in [0.15, 0.2) is 0 Å². The molecular weight excluding hydrogens is 514 g/mol. The van der Waals surface area contributed by atoms with Gasteiger partial charge in [0.2, 0.25) is 0 Å². The van der Waals surface area contributed by atoms with Gasteiger partial charge in [0.05, 0.1) is 12.2 Å². The molecule has 0 radical (unpaired) electrons. The van der Waals surface area contributed by atoms with E-state index in [9.17, 15) is 9.59 Å². The van der Waals surface area contributed by atoms with E-state index in [1.807, 2.05) is 36.1 Å². The van der Waals surface area contributed by atoms with E-state index >= 15 is 0 Å². The Balaban J connectivity index is 1.26. The quantitative estimate of drug-likeness (QED) is 0.441. The number of ether oxygens (including phenoxy) is 1. The van der Waals surface area contributed by atoms with Crippen molar-refractivity contribution in [2.75, 3.05) is 45.6 Å². The summed E-state index contributed by atoms with van der Waals surface area (Å²) in [6, 6.07) is 13.7. The molecule has 3 N–H and O–H groups in total. The average Bonchev–Trinajstić information content (AvgIpc) is 3.40. The Labute approximate surface area is 242 Å². The van der Waals surface area contributed by atoms with Crippen LogP contribution >= 0.6 is 0 Å². The molecule has 2 amide bonds. The second kappa shape index (κ2) is 12.3. The Hall–Kier alpha value is -3.91. The van der Waals surface area contributed by atoms with Gasteiger partial charge in [-0.15, -0.1) is 0 Å². The molecule has 0 spiro atoms. The number of hydrogen-bond donors (Lipinski definition) is 2. The van der Waals surface area contributed by atoms with Crippen molar-refractivity contribution in [3.05, 3.63) is 76.5 Å². The number of carbonyl (C=O) groups excluding carboxylic acids is 2. The molecule has 1 aliphatic carbocycles. The molecule has 1 saturated heterocycles. The minimum atomic E-state index is -0.224. The normalized spacial score (nSPS) is 19.3. The summed E-state index contributed by atoms with van der Waals surface area (Å²) in [6.45, 7) is 9.90. The number of carbonyl (C=O) groups is 2. The molecule has 5 rings (SSSR count). The molecule has 41 heavy (non-hydrogen) atoms. The summed E-state index contributed by atoms with van der Waals surface area (Å²) < 4.78 is 6.11. The summed E-state index contributed by atoms with van der Waals surface area (Å²) >= 11 is 0. The highest BCUT2D eigenvalue weighted by atomic mass is 16.5. The van der Waals surface area contributed by atoms with Gasteiger partial charge in [0, 0.05) is 55.5 Å². The van der Waals surface area contributed by atoms with Crippen LogP contribution < -0.4 is 15.8 Å². The highest BCUT2D eigenvalue weighted by Crippen LogP contribution is 2.29. The second-order valence-corrected chi connectivity index (χ2v) is 11.6. The molecule has 0 bridgehead atoms. The Bertz CT molecular complexity index is 1430. The molecule has 1 saturated carbocycles. The van der Waals surface area contributed by atoms with Gasteiger partial charge in [-0.1, -0.05) is 24.6 Å². The minimum Gasteiger partial charge on any atom is -0.493 e. The van der Waals surface area contributed by atoms with Gasteiger partial charge >= 0.3 is 0 Å². The van der Waals surface area contributed by atoms with Crippen LogP contribution in [0.5, 0.6) is 5.75 Å². The van der Waals surface area contributed by atoms with Crippen LogP contribution in [0.4, 0.5) is 5.82 Å². The third kappa shape index (κ3) is 6.54. The third-order valence-corrected chi connectivity index (χ3v) is 8.66. The number of aryl methyl sites for hydroxylation is 3. The maximum atomic E-state index is 13.4. The number of aromatic nitrogens is 1.